The summed E-state index contributed by atoms with van der Waals surface area (Å²) in [5.74, 6) is 0.708. The van der Waals surface area contributed by atoms with Gasteiger partial charge < -0.3 is 29.8 Å². The summed E-state index contributed by atoms with van der Waals surface area (Å²) < 4.78 is 16.7. The quantitative estimate of drug-likeness (QED) is 0.228. The lowest BCUT2D eigenvalue weighted by molar-refractivity contribution is -0.121. The number of unbranched alkanes of at least 4 members (excludes halogenated alkanes) is 1. The molecule has 0 saturated heterocycles. The number of fused-ring (bicyclic) bond motifs is 1. The van der Waals surface area contributed by atoms with Crippen LogP contribution in [0.15, 0.2) is 60.3 Å². The lowest BCUT2D eigenvalue weighted by Gasteiger charge is -2.19. The van der Waals surface area contributed by atoms with Crippen LogP contribution in [-0.4, -0.2) is 50.8 Å². The number of amides is 2. The summed E-state index contributed by atoms with van der Waals surface area (Å²) in [7, 11) is 3.22. The van der Waals surface area contributed by atoms with E-state index in [1.165, 1.54) is 5.57 Å². The first-order valence-corrected chi connectivity index (χ1v) is 14.0. The van der Waals surface area contributed by atoms with Gasteiger partial charge >= 0.3 is 0 Å². The van der Waals surface area contributed by atoms with Gasteiger partial charge in [-0.15, -0.1) is 0 Å². The molecule has 0 spiro atoms. The van der Waals surface area contributed by atoms with E-state index in [0.29, 0.717) is 30.0 Å². The van der Waals surface area contributed by atoms with Gasteiger partial charge in [0.25, 0.3) is 5.91 Å². The fraction of sp³-hybridized carbons (Fsp3) is 0.375. The van der Waals surface area contributed by atoms with Crippen molar-refractivity contribution < 1.29 is 23.8 Å². The van der Waals surface area contributed by atoms with Gasteiger partial charge in [0, 0.05) is 45.9 Å². The van der Waals surface area contributed by atoms with Crippen LogP contribution in [0.3, 0.4) is 0 Å². The number of allylic oxidation sites excluding steroid dienone is 1. The molecular formula is C32H37N3O5. The normalized spacial score (nSPS) is 17.2. The molecule has 0 bridgehead atoms. The van der Waals surface area contributed by atoms with E-state index in [1.807, 2.05) is 42.5 Å². The summed E-state index contributed by atoms with van der Waals surface area (Å²) in [6.45, 7) is 2.23. The van der Waals surface area contributed by atoms with Gasteiger partial charge in [-0.25, -0.2) is 0 Å². The van der Waals surface area contributed by atoms with Crippen LogP contribution >= 0.6 is 0 Å². The fourth-order valence-corrected chi connectivity index (χ4v) is 5.47. The van der Waals surface area contributed by atoms with Crippen LogP contribution in [0.2, 0.25) is 0 Å². The molecule has 210 valence electrons. The summed E-state index contributed by atoms with van der Waals surface area (Å²) >= 11 is 0. The van der Waals surface area contributed by atoms with Crippen LogP contribution in [0.1, 0.15) is 60.5 Å². The molecular weight excluding hydrogens is 506 g/mol. The van der Waals surface area contributed by atoms with E-state index in [0.717, 1.165) is 73.0 Å². The average Bonchev–Trinajstić information content (AvgIpc) is 3.15. The molecule has 0 aliphatic carbocycles. The highest BCUT2D eigenvalue weighted by atomic mass is 16.5. The molecule has 1 unspecified atom stereocenters. The fourth-order valence-electron chi connectivity index (χ4n) is 5.47. The van der Waals surface area contributed by atoms with Crippen LogP contribution < -0.4 is 20.1 Å². The molecule has 0 fully saturated rings. The number of aromatic amines is 1. The number of carbonyl (C=O) groups is 2. The van der Waals surface area contributed by atoms with E-state index in [1.54, 1.807) is 20.4 Å². The number of rotatable bonds is 10. The zero-order chi connectivity index (χ0) is 27.9. The predicted molar refractivity (Wildman–Crippen MR) is 156 cm³/mol. The molecule has 2 aliphatic heterocycles. The second-order valence-electron chi connectivity index (χ2n) is 10.2. The van der Waals surface area contributed by atoms with Crippen LogP contribution in [0, 0.1) is 0 Å². The number of benzene rings is 2. The molecule has 3 heterocycles. The third-order valence-corrected chi connectivity index (χ3v) is 7.62. The van der Waals surface area contributed by atoms with Crippen molar-refractivity contribution in [1.29, 1.82) is 0 Å². The van der Waals surface area contributed by atoms with E-state index >= 15 is 0 Å². The minimum Gasteiger partial charge on any atom is -0.497 e. The number of hydrogen-bond acceptors (Lipinski definition) is 5. The lowest BCUT2D eigenvalue weighted by Crippen LogP contribution is -2.28. The Morgan fingerprint density at radius 1 is 1.10 bits per heavy atom. The second-order valence-corrected chi connectivity index (χ2v) is 10.2. The van der Waals surface area contributed by atoms with Gasteiger partial charge in [0.2, 0.25) is 5.91 Å². The molecule has 8 heteroatoms. The zero-order valence-corrected chi connectivity index (χ0v) is 23.2. The van der Waals surface area contributed by atoms with Crippen molar-refractivity contribution in [3.05, 3.63) is 71.6 Å². The van der Waals surface area contributed by atoms with Crippen molar-refractivity contribution in [1.82, 2.24) is 15.6 Å². The molecule has 5 rings (SSSR count). The molecule has 2 aliphatic rings. The molecule has 3 aromatic rings. The summed E-state index contributed by atoms with van der Waals surface area (Å²) in [4.78, 5) is 29.5. The minimum atomic E-state index is -0.397. The Hall–Kier alpha value is -4.04. The Bertz CT molecular complexity index is 1440. The van der Waals surface area contributed by atoms with E-state index in [2.05, 4.69) is 21.7 Å². The highest BCUT2D eigenvalue weighted by Crippen LogP contribution is 2.43. The molecule has 40 heavy (non-hydrogen) atoms. The number of ether oxygens (including phenoxy) is 3. The van der Waals surface area contributed by atoms with Crippen molar-refractivity contribution in [2.75, 3.05) is 34.0 Å². The lowest BCUT2D eigenvalue weighted by atomic mass is 9.90. The van der Waals surface area contributed by atoms with E-state index in [9.17, 15) is 9.59 Å². The highest BCUT2D eigenvalue weighted by molar-refractivity contribution is 6.05. The topological polar surface area (TPSA) is 102 Å². The molecule has 1 atom stereocenters. The number of carbonyl (C=O) groups excluding carboxylic acids is 2. The van der Waals surface area contributed by atoms with Crippen LogP contribution in [0.5, 0.6) is 11.5 Å². The monoisotopic (exact) mass is 543 g/mol. The second kappa shape index (κ2) is 12.9. The Labute approximate surface area is 234 Å². The van der Waals surface area contributed by atoms with E-state index in [4.69, 9.17) is 14.2 Å². The van der Waals surface area contributed by atoms with Crippen molar-refractivity contribution in [2.24, 2.45) is 0 Å². The maximum Gasteiger partial charge on any atom is 0.251 e. The smallest absolute Gasteiger partial charge is 0.251 e. The van der Waals surface area contributed by atoms with Crippen LogP contribution in [0.4, 0.5) is 0 Å². The predicted octanol–water partition coefficient (Wildman–Crippen LogP) is 5.61. The number of aromatic nitrogens is 1. The van der Waals surface area contributed by atoms with Gasteiger partial charge in [-0.2, -0.15) is 0 Å². The molecule has 0 radical (unpaired) electrons. The van der Waals surface area contributed by atoms with Crippen molar-refractivity contribution in [2.45, 2.75) is 44.4 Å². The summed E-state index contributed by atoms with van der Waals surface area (Å²) in [6, 6.07) is 11.3. The Kier molecular flexibility index (Phi) is 8.86. The Morgan fingerprint density at radius 2 is 2.00 bits per heavy atom. The minimum absolute atomic E-state index is 0.0760. The number of hydrogen-bond donors (Lipinski definition) is 3. The standard InChI is InChI=1S/C32H37N3O5/c1-38-23-11-12-24(28(20-23)39-2)29-26-19-22(10-13-27(26)35-30(29)25-9-5-16-34-32(25)37)31(36)33-15-4-3-7-21-8-6-17-40-18-14-21/h5,8,10-13,16,19-20,25,35H,3-4,6-7,9,14-15,17-18H2,1-2H3,(H,33,36)(H,34,37). The zero-order valence-electron chi connectivity index (χ0n) is 23.2. The third kappa shape index (κ3) is 6.07. The maximum absolute atomic E-state index is 13.1. The van der Waals surface area contributed by atoms with Gasteiger partial charge in [-0.1, -0.05) is 17.7 Å². The molecule has 1 aromatic heterocycles. The van der Waals surface area contributed by atoms with Crippen molar-refractivity contribution in [3.63, 3.8) is 0 Å². The van der Waals surface area contributed by atoms with E-state index < -0.39 is 5.92 Å². The van der Waals surface area contributed by atoms with E-state index in [-0.39, 0.29) is 11.8 Å². The van der Waals surface area contributed by atoms with Crippen molar-refractivity contribution >= 4 is 22.7 Å². The van der Waals surface area contributed by atoms with Gasteiger partial charge in [-0.3, -0.25) is 9.59 Å². The summed E-state index contributed by atoms with van der Waals surface area (Å²) in [6.07, 6.45) is 11.5. The molecule has 3 N–H and O–H groups in total. The molecule has 2 aromatic carbocycles. The van der Waals surface area contributed by atoms with Gasteiger partial charge in [-0.05, 0) is 75.1 Å². The van der Waals surface area contributed by atoms with Crippen LogP contribution in [-0.2, 0) is 9.53 Å². The maximum atomic E-state index is 13.1. The Morgan fingerprint density at radius 3 is 2.83 bits per heavy atom. The van der Waals surface area contributed by atoms with Gasteiger partial charge in [0.15, 0.2) is 0 Å². The SMILES string of the molecule is COc1ccc(-c2c(C3CC=CNC3=O)[nH]c3ccc(C(=O)NCCCCC4=CCCOCC4)cc23)c(OC)c1. The summed E-state index contributed by atoms with van der Waals surface area (Å²) in [5.41, 5.74) is 5.34. The molecule has 2 amide bonds. The first kappa shape index (κ1) is 27.5. The van der Waals surface area contributed by atoms with Gasteiger partial charge in [0.05, 0.1) is 33.4 Å². The number of H-pyrrole nitrogens is 1. The third-order valence-electron chi connectivity index (χ3n) is 7.62. The Balaban J connectivity index is 1.40. The summed E-state index contributed by atoms with van der Waals surface area (Å²) in [5, 5.41) is 6.76. The molecule has 0 saturated carbocycles. The van der Waals surface area contributed by atoms with Gasteiger partial charge in [0.1, 0.15) is 11.5 Å². The first-order chi connectivity index (χ1) is 19.6. The first-order valence-electron chi connectivity index (χ1n) is 14.0. The van der Waals surface area contributed by atoms with Crippen LogP contribution in [0.25, 0.3) is 22.0 Å². The highest BCUT2D eigenvalue weighted by Gasteiger charge is 2.29. The number of methoxy groups -OCH3 is 2. The largest absolute Gasteiger partial charge is 0.497 e. The number of nitrogens with one attached hydrogen (secondary N) is 3. The average molecular weight is 544 g/mol. The molecule has 8 nitrogen and oxygen atoms in total. The van der Waals surface area contributed by atoms with Crippen molar-refractivity contribution in [3.8, 4) is 22.6 Å².